The van der Waals surface area contributed by atoms with Crippen molar-refractivity contribution in [1.82, 2.24) is 0 Å². The lowest BCUT2D eigenvalue weighted by Gasteiger charge is -2.12. The SMILES string of the molecule is O=C(c1ccc(Oc2ccccc2)c(OS)c1)c1ccc(Oc2ccccc2)c(S(=O)(=O)O)c1. The van der Waals surface area contributed by atoms with Crippen LogP contribution >= 0.6 is 12.9 Å². The summed E-state index contributed by atoms with van der Waals surface area (Å²) < 4.78 is 50.1. The second-order valence-corrected chi connectivity index (χ2v) is 8.62. The molecule has 4 aromatic carbocycles. The van der Waals surface area contributed by atoms with E-state index in [0.717, 1.165) is 6.07 Å². The van der Waals surface area contributed by atoms with Crippen molar-refractivity contribution in [3.8, 4) is 28.7 Å². The minimum atomic E-state index is -4.68. The summed E-state index contributed by atoms with van der Waals surface area (Å²) in [6, 6.07) is 25.7. The summed E-state index contributed by atoms with van der Waals surface area (Å²) in [4.78, 5) is 12.6. The molecule has 0 spiro atoms. The van der Waals surface area contributed by atoms with Gasteiger partial charge < -0.3 is 13.7 Å². The van der Waals surface area contributed by atoms with Crippen LogP contribution in [-0.2, 0) is 10.1 Å². The maximum Gasteiger partial charge on any atom is 0.298 e. The quantitative estimate of drug-likeness (QED) is 0.135. The Morgan fingerprint density at radius 3 is 1.71 bits per heavy atom. The van der Waals surface area contributed by atoms with Crippen molar-refractivity contribution < 1.29 is 31.4 Å². The summed E-state index contributed by atoms with van der Waals surface area (Å²) in [5.74, 6) is 0.849. The van der Waals surface area contributed by atoms with Crippen LogP contribution in [0.15, 0.2) is 102 Å². The maximum atomic E-state index is 13.1. The predicted molar refractivity (Wildman–Crippen MR) is 129 cm³/mol. The third kappa shape index (κ3) is 5.40. The van der Waals surface area contributed by atoms with E-state index in [1.165, 1.54) is 24.3 Å². The number of carbonyl (C=O) groups excluding carboxylic acids is 1. The molecule has 4 rings (SSSR count). The molecule has 0 unspecified atom stereocenters. The Morgan fingerprint density at radius 1 is 0.676 bits per heavy atom. The molecule has 0 aliphatic heterocycles. The lowest BCUT2D eigenvalue weighted by molar-refractivity contribution is 0.103. The first-order valence-electron chi connectivity index (χ1n) is 9.92. The Bertz CT molecular complexity index is 1420. The molecular weight excluding hydrogens is 476 g/mol. The molecule has 172 valence electrons. The second kappa shape index (κ2) is 10.0. The molecule has 0 radical (unpaired) electrons. The van der Waals surface area contributed by atoms with Crippen LogP contribution in [0.5, 0.6) is 28.7 Å². The Labute approximate surface area is 201 Å². The molecule has 0 aliphatic rings. The van der Waals surface area contributed by atoms with E-state index in [1.807, 2.05) is 18.2 Å². The Hall–Kier alpha value is -3.79. The zero-order valence-electron chi connectivity index (χ0n) is 17.5. The first-order valence-corrected chi connectivity index (χ1v) is 11.7. The molecule has 9 heteroatoms. The van der Waals surface area contributed by atoms with Gasteiger partial charge in [-0.05, 0) is 60.7 Å². The fourth-order valence-corrected chi connectivity index (χ4v) is 3.92. The van der Waals surface area contributed by atoms with Gasteiger partial charge in [0.05, 0.1) is 0 Å². The number of ketones is 1. The van der Waals surface area contributed by atoms with Crippen molar-refractivity contribution in [1.29, 1.82) is 0 Å². The average molecular weight is 495 g/mol. The van der Waals surface area contributed by atoms with Crippen molar-refractivity contribution in [2.75, 3.05) is 0 Å². The van der Waals surface area contributed by atoms with Gasteiger partial charge in [-0.1, -0.05) is 36.4 Å². The largest absolute Gasteiger partial charge is 0.456 e. The summed E-state index contributed by atoms with van der Waals surface area (Å²) in [6.07, 6.45) is 0. The number of hydrogen-bond donors (Lipinski definition) is 2. The molecule has 0 bridgehead atoms. The van der Waals surface area contributed by atoms with Crippen molar-refractivity contribution in [3.05, 3.63) is 108 Å². The van der Waals surface area contributed by atoms with E-state index in [9.17, 15) is 17.8 Å². The molecule has 7 nitrogen and oxygen atoms in total. The van der Waals surface area contributed by atoms with Gasteiger partial charge in [-0.3, -0.25) is 9.35 Å². The molecule has 0 fully saturated rings. The standard InChI is InChI=1S/C25H18O7S2/c26-25(17-11-13-21(23(15-17)32-33)30-19-7-3-1-4-8-19)18-12-14-22(24(16-18)34(27,28)29)31-20-9-5-2-6-10-20/h1-16,33H,(H,27,28,29). The van der Waals surface area contributed by atoms with Crippen LogP contribution in [0.3, 0.4) is 0 Å². The van der Waals surface area contributed by atoms with Crippen LogP contribution in [0.25, 0.3) is 0 Å². The molecular formula is C25H18O7S2. The Morgan fingerprint density at radius 2 is 1.18 bits per heavy atom. The number of carbonyl (C=O) groups is 1. The van der Waals surface area contributed by atoms with Crippen molar-refractivity contribution in [2.24, 2.45) is 0 Å². The van der Waals surface area contributed by atoms with Crippen LogP contribution in [-0.4, -0.2) is 18.8 Å². The van der Waals surface area contributed by atoms with Gasteiger partial charge in [0.25, 0.3) is 10.1 Å². The van der Waals surface area contributed by atoms with E-state index in [1.54, 1.807) is 48.5 Å². The van der Waals surface area contributed by atoms with Crippen molar-refractivity contribution in [3.63, 3.8) is 0 Å². The van der Waals surface area contributed by atoms with E-state index in [-0.39, 0.29) is 22.6 Å². The molecule has 0 atom stereocenters. The third-order valence-corrected chi connectivity index (χ3v) is 5.80. The minimum Gasteiger partial charge on any atom is -0.456 e. The minimum absolute atomic E-state index is 0.0230. The highest BCUT2D eigenvalue weighted by atomic mass is 32.2. The van der Waals surface area contributed by atoms with E-state index >= 15 is 0 Å². The molecule has 4 aromatic rings. The summed E-state index contributed by atoms with van der Waals surface area (Å²) >= 11 is 3.84. The monoisotopic (exact) mass is 494 g/mol. The van der Waals surface area contributed by atoms with E-state index in [2.05, 4.69) is 12.9 Å². The topological polar surface area (TPSA) is 99.1 Å². The van der Waals surface area contributed by atoms with E-state index < -0.39 is 20.8 Å². The summed E-state index contributed by atoms with van der Waals surface area (Å²) in [5, 5.41) is 0. The fourth-order valence-electron chi connectivity index (χ4n) is 3.14. The smallest absolute Gasteiger partial charge is 0.298 e. The van der Waals surface area contributed by atoms with Gasteiger partial charge in [0.2, 0.25) is 0 Å². The lowest BCUT2D eigenvalue weighted by Crippen LogP contribution is -2.06. The van der Waals surface area contributed by atoms with E-state index in [0.29, 0.717) is 17.2 Å². The molecule has 0 aliphatic carbocycles. The van der Waals surface area contributed by atoms with Crippen LogP contribution < -0.4 is 13.7 Å². The highest BCUT2D eigenvalue weighted by Gasteiger charge is 2.22. The lowest BCUT2D eigenvalue weighted by atomic mass is 10.0. The Kier molecular flexibility index (Phi) is 6.87. The number of ether oxygens (including phenoxy) is 2. The molecule has 34 heavy (non-hydrogen) atoms. The molecule has 0 heterocycles. The summed E-state index contributed by atoms with van der Waals surface area (Å²) in [6.45, 7) is 0. The van der Waals surface area contributed by atoms with Gasteiger partial charge in [0, 0.05) is 24.0 Å². The van der Waals surface area contributed by atoms with Crippen LogP contribution in [0.2, 0.25) is 0 Å². The highest BCUT2D eigenvalue weighted by molar-refractivity contribution is 7.86. The molecule has 0 saturated heterocycles. The second-order valence-electron chi connectivity index (χ2n) is 7.05. The van der Waals surface area contributed by atoms with Gasteiger partial charge in [0.15, 0.2) is 17.3 Å². The van der Waals surface area contributed by atoms with Crippen LogP contribution in [0.4, 0.5) is 0 Å². The summed E-state index contributed by atoms with van der Waals surface area (Å²) in [7, 11) is -4.68. The number of hydrogen-bond acceptors (Lipinski definition) is 7. The predicted octanol–water partition coefficient (Wildman–Crippen LogP) is 5.97. The first-order chi connectivity index (χ1) is 16.3. The van der Waals surface area contributed by atoms with Crippen LogP contribution in [0, 0.1) is 0 Å². The highest BCUT2D eigenvalue weighted by Crippen LogP contribution is 2.35. The number of benzene rings is 4. The zero-order valence-corrected chi connectivity index (χ0v) is 19.2. The first kappa shape index (κ1) is 23.4. The zero-order chi connectivity index (χ0) is 24.1. The number of para-hydroxylation sites is 2. The van der Waals surface area contributed by atoms with Gasteiger partial charge in [-0.15, -0.1) is 0 Å². The van der Waals surface area contributed by atoms with Crippen molar-refractivity contribution >= 4 is 28.8 Å². The third-order valence-electron chi connectivity index (χ3n) is 4.73. The molecule has 0 saturated carbocycles. The van der Waals surface area contributed by atoms with Gasteiger partial charge in [-0.25, -0.2) is 0 Å². The normalized spacial score (nSPS) is 11.0. The summed E-state index contributed by atoms with van der Waals surface area (Å²) in [5.41, 5.74) is 0.220. The van der Waals surface area contributed by atoms with Gasteiger partial charge in [-0.2, -0.15) is 8.42 Å². The average Bonchev–Trinajstić information content (AvgIpc) is 2.85. The number of rotatable bonds is 8. The van der Waals surface area contributed by atoms with Gasteiger partial charge in [0.1, 0.15) is 22.1 Å². The van der Waals surface area contributed by atoms with Gasteiger partial charge >= 0.3 is 0 Å². The number of thiol groups is 1. The molecule has 0 aromatic heterocycles. The molecule has 1 N–H and O–H groups in total. The van der Waals surface area contributed by atoms with E-state index in [4.69, 9.17) is 13.7 Å². The van der Waals surface area contributed by atoms with Crippen LogP contribution in [0.1, 0.15) is 15.9 Å². The molecule has 0 amide bonds. The Balaban J connectivity index is 1.66. The fraction of sp³-hybridized carbons (Fsp3) is 0. The van der Waals surface area contributed by atoms with Crippen molar-refractivity contribution in [2.45, 2.75) is 4.90 Å². The maximum absolute atomic E-state index is 13.1.